The molecule has 4 aromatic carbocycles. The summed E-state index contributed by atoms with van der Waals surface area (Å²) in [6.07, 6.45) is 8.24. The first kappa shape index (κ1) is 34.6. The minimum atomic E-state index is -2.67. The van der Waals surface area contributed by atoms with Crippen molar-refractivity contribution in [2.24, 2.45) is 0 Å². The summed E-state index contributed by atoms with van der Waals surface area (Å²) in [5.74, 6) is 0. The van der Waals surface area contributed by atoms with E-state index in [1.54, 1.807) is 17.6 Å². The van der Waals surface area contributed by atoms with Crippen LogP contribution in [0.25, 0.3) is 11.1 Å². The molecule has 3 heteroatoms. The average Bonchev–Trinajstić information content (AvgIpc) is 3.57. The molecule has 0 atom stereocenters. The maximum atomic E-state index is 2.59. The van der Waals surface area contributed by atoms with Gasteiger partial charge in [0.25, 0.3) is 0 Å². The van der Waals surface area contributed by atoms with Gasteiger partial charge in [-0.05, 0) is 0 Å². The molecule has 0 bridgehead atoms. The molecule has 0 aromatic heterocycles. The van der Waals surface area contributed by atoms with Crippen molar-refractivity contribution >= 4 is 3.21 Å². The van der Waals surface area contributed by atoms with E-state index in [9.17, 15) is 0 Å². The maximum absolute atomic E-state index is 2.67. The van der Waals surface area contributed by atoms with Gasteiger partial charge in [0, 0.05) is 0 Å². The van der Waals surface area contributed by atoms with Crippen molar-refractivity contribution < 1.29 is 46.1 Å². The van der Waals surface area contributed by atoms with Crippen LogP contribution in [0.2, 0.25) is 0 Å². The first-order chi connectivity index (χ1) is 19.9. The number of hydrogen-bond acceptors (Lipinski definition) is 0. The van der Waals surface area contributed by atoms with Crippen LogP contribution < -0.4 is 24.8 Å². The van der Waals surface area contributed by atoms with Gasteiger partial charge >= 0.3 is 263 Å². The second-order valence-corrected chi connectivity index (χ2v) is 20.5. The van der Waals surface area contributed by atoms with Gasteiger partial charge in [-0.15, -0.1) is 0 Å². The molecule has 0 saturated carbocycles. The Bertz CT molecular complexity index is 1650. The summed E-state index contributed by atoms with van der Waals surface area (Å²) in [6.45, 7) is 18.8. The zero-order valence-electron chi connectivity index (χ0n) is 27.4. The predicted octanol–water partition coefficient (Wildman–Crippen LogP) is 4.71. The van der Waals surface area contributed by atoms with E-state index in [0.29, 0.717) is 3.63 Å². The van der Waals surface area contributed by atoms with Gasteiger partial charge in [0.05, 0.1) is 0 Å². The Labute approximate surface area is 285 Å². The average molecular weight is 699 g/mol. The van der Waals surface area contributed by atoms with Crippen molar-refractivity contribution in [1.82, 2.24) is 0 Å². The van der Waals surface area contributed by atoms with Gasteiger partial charge < -0.3 is 24.8 Å². The molecule has 0 spiro atoms. The summed E-state index contributed by atoms with van der Waals surface area (Å²) in [7, 11) is 0. The van der Waals surface area contributed by atoms with Crippen LogP contribution in [0.1, 0.15) is 96.1 Å². The Balaban J connectivity index is 0.00000221. The van der Waals surface area contributed by atoms with E-state index in [-0.39, 0.29) is 35.6 Å². The Kier molecular flexibility index (Phi) is 10.4. The molecule has 0 saturated heterocycles. The van der Waals surface area contributed by atoms with Crippen LogP contribution in [0.15, 0.2) is 106 Å². The zero-order valence-corrected chi connectivity index (χ0v) is 31.3. The van der Waals surface area contributed by atoms with E-state index >= 15 is 0 Å². The molecule has 0 amide bonds. The third kappa shape index (κ3) is 6.36. The van der Waals surface area contributed by atoms with Crippen LogP contribution >= 0.6 is 0 Å². The Morgan fingerprint density at radius 3 is 1.43 bits per heavy atom. The SMILES string of the molecule is Cc1cc2c(cc1C(C)(C)C)-c1cc(C(C)(C)C)c(C)cc1[CH]2[Zr+2]([C]1=CC=CC1)=[C](c1ccccc1)c1ccccc1.[Cl-].[Cl-]. The van der Waals surface area contributed by atoms with Gasteiger partial charge in [-0.1, -0.05) is 0 Å². The molecule has 0 radical (unpaired) electrons. The predicted molar refractivity (Wildman–Crippen MR) is 179 cm³/mol. The molecule has 2 aliphatic rings. The number of benzene rings is 4. The molecule has 4 aromatic rings. The van der Waals surface area contributed by atoms with Crippen LogP contribution in [0, 0.1) is 13.8 Å². The number of fused-ring (bicyclic) bond motifs is 3. The number of aryl methyl sites for hydroxylation is 2. The fourth-order valence-corrected chi connectivity index (χ4v) is 16.3. The number of allylic oxidation sites excluding steroid dienone is 4. The van der Waals surface area contributed by atoms with Gasteiger partial charge in [0.1, 0.15) is 0 Å². The van der Waals surface area contributed by atoms with E-state index in [0.717, 1.165) is 6.42 Å². The smallest absolute Gasteiger partial charge is 1.00 e. The monoisotopic (exact) mass is 696 g/mol. The minimum Gasteiger partial charge on any atom is -1.00 e. The van der Waals surface area contributed by atoms with E-state index in [1.807, 2.05) is 0 Å². The molecule has 0 fully saturated rings. The fraction of sp³-hybridized carbons (Fsp3) is 0.293. The van der Waals surface area contributed by atoms with Crippen molar-refractivity contribution in [2.75, 3.05) is 0 Å². The van der Waals surface area contributed by atoms with Crippen LogP contribution in [0.4, 0.5) is 0 Å². The zero-order chi connectivity index (χ0) is 29.8. The fourth-order valence-electron chi connectivity index (χ4n) is 7.32. The van der Waals surface area contributed by atoms with Crippen LogP contribution in [-0.4, -0.2) is 3.21 Å². The largest absolute Gasteiger partial charge is 1.00 e. The Morgan fingerprint density at radius 2 is 1.07 bits per heavy atom. The Morgan fingerprint density at radius 1 is 0.636 bits per heavy atom. The molecule has 0 nitrogen and oxygen atoms in total. The van der Waals surface area contributed by atoms with Crippen molar-refractivity contribution in [3.05, 3.63) is 151 Å². The summed E-state index contributed by atoms with van der Waals surface area (Å²) < 4.78 is 3.74. The first-order valence-corrected chi connectivity index (χ1v) is 19.3. The molecular weight excluding hydrogens is 655 g/mol. The van der Waals surface area contributed by atoms with E-state index < -0.39 is 21.3 Å². The second kappa shape index (κ2) is 13.2. The molecule has 6 rings (SSSR count). The van der Waals surface area contributed by atoms with Crippen molar-refractivity contribution in [3.63, 3.8) is 0 Å². The molecule has 0 aliphatic heterocycles. The molecule has 0 unspecified atom stereocenters. The summed E-state index contributed by atoms with van der Waals surface area (Å²) in [6, 6.07) is 32.9. The molecular formula is C41H44Cl2Zr. The summed E-state index contributed by atoms with van der Waals surface area (Å²) in [4.78, 5) is 0. The second-order valence-electron chi connectivity index (χ2n) is 14.3. The van der Waals surface area contributed by atoms with Crippen molar-refractivity contribution in [3.8, 4) is 11.1 Å². The van der Waals surface area contributed by atoms with E-state index in [2.05, 4.69) is 159 Å². The van der Waals surface area contributed by atoms with Gasteiger partial charge in [0.2, 0.25) is 0 Å². The molecule has 226 valence electrons. The standard InChI is InChI=1S/C23H29.C13H10.C5H5.2ClH.Zr/c1-14-9-16-11-17-10-15(2)21(23(6,7)8)13-19(17)18(16)12-20(14)22(3,4)5;1-3-7-12(8-4-1)11-13-9-5-2-6-10-13;1-2-4-5-3-1;;;/h9-13H,1-8H3;1-10H;1-3H,4H2;2*1H;/q;;;;;+2/p-2. The quantitative estimate of drug-likeness (QED) is 0.290. The van der Waals surface area contributed by atoms with Gasteiger partial charge in [0.15, 0.2) is 0 Å². The topological polar surface area (TPSA) is 0 Å². The molecule has 0 N–H and O–H groups in total. The number of hydrogen-bond donors (Lipinski definition) is 0. The summed E-state index contributed by atoms with van der Waals surface area (Å²) in [5.41, 5.74) is 14.8. The van der Waals surface area contributed by atoms with Gasteiger partial charge in [-0.2, -0.15) is 0 Å². The van der Waals surface area contributed by atoms with Crippen LogP contribution in [0.3, 0.4) is 0 Å². The minimum absolute atomic E-state index is 0. The molecule has 2 aliphatic carbocycles. The third-order valence-electron chi connectivity index (χ3n) is 9.12. The van der Waals surface area contributed by atoms with Crippen LogP contribution in [0.5, 0.6) is 0 Å². The molecule has 44 heavy (non-hydrogen) atoms. The first-order valence-electron chi connectivity index (χ1n) is 15.5. The van der Waals surface area contributed by atoms with E-state index in [1.165, 1.54) is 44.5 Å². The van der Waals surface area contributed by atoms with Gasteiger partial charge in [-0.3, -0.25) is 0 Å². The summed E-state index contributed by atoms with van der Waals surface area (Å²) >= 11 is -2.67. The summed E-state index contributed by atoms with van der Waals surface area (Å²) in [5, 5.41) is 0. The van der Waals surface area contributed by atoms with Crippen LogP contribution in [-0.2, 0) is 32.1 Å². The Hall–Kier alpha value is -2.31. The van der Waals surface area contributed by atoms with Crippen molar-refractivity contribution in [1.29, 1.82) is 0 Å². The van der Waals surface area contributed by atoms with Crippen molar-refractivity contribution in [2.45, 2.75) is 76.3 Å². The number of halogens is 2. The third-order valence-corrected chi connectivity index (χ3v) is 17.4. The van der Waals surface area contributed by atoms with Gasteiger partial charge in [-0.25, -0.2) is 0 Å². The molecule has 0 heterocycles. The van der Waals surface area contributed by atoms with E-state index in [4.69, 9.17) is 0 Å². The normalized spacial score (nSPS) is 13.7. The number of rotatable bonds is 4. The maximum Gasteiger partial charge on any atom is -1.00 e.